The molecule has 0 radical (unpaired) electrons. The van der Waals surface area contributed by atoms with Gasteiger partial charge in [-0.1, -0.05) is 0 Å². The Kier molecular flexibility index (Phi) is 5.01. The average molecular weight is 216 g/mol. The van der Waals surface area contributed by atoms with E-state index in [-0.39, 0.29) is 24.7 Å². The third-order valence-corrected chi connectivity index (χ3v) is 2.42. The molecule has 1 heterocycles. The molecule has 5 heteroatoms. The summed E-state index contributed by atoms with van der Waals surface area (Å²) in [5, 5.41) is 0. The molecule has 15 heavy (non-hydrogen) atoms. The van der Waals surface area contributed by atoms with Gasteiger partial charge in [0.25, 0.3) is 0 Å². The van der Waals surface area contributed by atoms with Crippen LogP contribution in [0.25, 0.3) is 0 Å². The molecular weight excluding hydrogens is 196 g/mol. The van der Waals surface area contributed by atoms with Gasteiger partial charge in [-0.05, 0) is 13.8 Å². The van der Waals surface area contributed by atoms with Crippen LogP contribution in [0.15, 0.2) is 0 Å². The fourth-order valence-corrected chi connectivity index (χ4v) is 1.58. The number of rotatable bonds is 4. The predicted molar refractivity (Wildman–Crippen MR) is 56.5 cm³/mol. The zero-order chi connectivity index (χ0) is 11.3. The molecular formula is C10H20N2O3. The van der Waals surface area contributed by atoms with E-state index in [0.29, 0.717) is 26.3 Å². The molecule has 1 saturated heterocycles. The average Bonchev–Trinajstić information content (AvgIpc) is 2.22. The van der Waals surface area contributed by atoms with Crippen molar-refractivity contribution >= 4 is 5.91 Å². The van der Waals surface area contributed by atoms with E-state index in [9.17, 15) is 4.79 Å². The first-order valence-corrected chi connectivity index (χ1v) is 5.34. The maximum atomic E-state index is 11.7. The second-order valence-corrected chi connectivity index (χ2v) is 3.88. The molecule has 0 aromatic carbocycles. The van der Waals surface area contributed by atoms with Crippen molar-refractivity contribution in [1.82, 2.24) is 4.90 Å². The largest absolute Gasteiger partial charge is 0.375 e. The molecule has 0 bridgehead atoms. The van der Waals surface area contributed by atoms with Crippen molar-refractivity contribution in [3.63, 3.8) is 0 Å². The van der Waals surface area contributed by atoms with Gasteiger partial charge in [0.2, 0.25) is 5.91 Å². The van der Waals surface area contributed by atoms with E-state index < -0.39 is 0 Å². The maximum absolute atomic E-state index is 11.7. The van der Waals surface area contributed by atoms with Gasteiger partial charge in [0, 0.05) is 13.1 Å². The smallest absolute Gasteiger partial charge is 0.248 e. The summed E-state index contributed by atoms with van der Waals surface area (Å²) in [7, 11) is 0. The lowest BCUT2D eigenvalue weighted by Crippen LogP contribution is -2.51. The van der Waals surface area contributed by atoms with Crippen LogP contribution in [0.4, 0.5) is 0 Å². The van der Waals surface area contributed by atoms with E-state index in [1.165, 1.54) is 0 Å². The van der Waals surface area contributed by atoms with Gasteiger partial charge in [0.05, 0.1) is 25.4 Å². The summed E-state index contributed by atoms with van der Waals surface area (Å²) >= 11 is 0. The maximum Gasteiger partial charge on any atom is 0.248 e. The molecule has 2 atom stereocenters. The number of nitrogens with zero attached hydrogens (tertiary/aromatic N) is 1. The number of nitrogens with two attached hydrogens (primary N) is 1. The summed E-state index contributed by atoms with van der Waals surface area (Å²) in [6.07, 6.45) is 0.111. The molecule has 2 N–H and O–H groups in total. The number of morpholine rings is 1. The Bertz CT molecular complexity index is 211. The second-order valence-electron chi connectivity index (χ2n) is 3.88. The Morgan fingerprint density at radius 2 is 2.33 bits per heavy atom. The number of hydrogen-bond donors (Lipinski definition) is 1. The Morgan fingerprint density at radius 3 is 3.00 bits per heavy atom. The van der Waals surface area contributed by atoms with Crippen LogP contribution in [-0.2, 0) is 14.3 Å². The zero-order valence-electron chi connectivity index (χ0n) is 9.44. The van der Waals surface area contributed by atoms with Crippen molar-refractivity contribution in [3.8, 4) is 0 Å². The van der Waals surface area contributed by atoms with Gasteiger partial charge in [-0.25, -0.2) is 0 Å². The molecule has 0 aromatic rings. The first kappa shape index (κ1) is 12.4. The highest BCUT2D eigenvalue weighted by atomic mass is 16.5. The Hall–Kier alpha value is -0.650. The minimum Gasteiger partial charge on any atom is -0.375 e. The van der Waals surface area contributed by atoms with Crippen LogP contribution in [0.1, 0.15) is 13.8 Å². The van der Waals surface area contributed by atoms with Crippen LogP contribution in [-0.4, -0.2) is 55.9 Å². The monoisotopic (exact) mass is 216 g/mol. The molecule has 5 nitrogen and oxygen atoms in total. The van der Waals surface area contributed by atoms with Crippen LogP contribution in [0.2, 0.25) is 0 Å². The lowest BCUT2D eigenvalue weighted by atomic mass is 10.2. The van der Waals surface area contributed by atoms with Crippen LogP contribution in [0.3, 0.4) is 0 Å². The van der Waals surface area contributed by atoms with E-state index in [2.05, 4.69) is 0 Å². The van der Waals surface area contributed by atoms with Gasteiger partial charge in [-0.15, -0.1) is 0 Å². The molecule has 1 rings (SSSR count). The molecule has 0 spiro atoms. The van der Waals surface area contributed by atoms with Gasteiger partial charge in [-0.2, -0.15) is 0 Å². The molecule has 1 amide bonds. The summed E-state index contributed by atoms with van der Waals surface area (Å²) in [6, 6.07) is 0.134. The van der Waals surface area contributed by atoms with E-state index in [1.54, 1.807) is 0 Å². The summed E-state index contributed by atoms with van der Waals surface area (Å²) in [5.74, 6) is 0.0195. The molecule has 88 valence electrons. The highest BCUT2D eigenvalue weighted by Gasteiger charge is 2.27. The lowest BCUT2D eigenvalue weighted by molar-refractivity contribution is -0.147. The number of hydrogen-bond acceptors (Lipinski definition) is 4. The van der Waals surface area contributed by atoms with Crippen molar-refractivity contribution in [2.24, 2.45) is 5.73 Å². The quantitative estimate of drug-likeness (QED) is 0.649. The first-order valence-electron chi connectivity index (χ1n) is 5.34. The molecule has 0 aliphatic carbocycles. The van der Waals surface area contributed by atoms with Gasteiger partial charge in [0.1, 0.15) is 6.61 Å². The number of ether oxygens (including phenoxy) is 2. The molecule has 1 aliphatic heterocycles. The highest BCUT2D eigenvalue weighted by Crippen LogP contribution is 2.11. The molecule has 0 aromatic heterocycles. The lowest BCUT2D eigenvalue weighted by Gasteiger charge is -2.36. The van der Waals surface area contributed by atoms with Crippen molar-refractivity contribution in [2.45, 2.75) is 26.0 Å². The van der Waals surface area contributed by atoms with E-state index in [1.807, 2.05) is 18.7 Å². The summed E-state index contributed by atoms with van der Waals surface area (Å²) in [6.45, 7) is 6.19. The summed E-state index contributed by atoms with van der Waals surface area (Å²) < 4.78 is 10.6. The fourth-order valence-electron chi connectivity index (χ4n) is 1.58. The van der Waals surface area contributed by atoms with Gasteiger partial charge in [-0.3, -0.25) is 4.79 Å². The Balaban J connectivity index is 2.35. The van der Waals surface area contributed by atoms with E-state index in [0.717, 1.165) is 0 Å². The minimum absolute atomic E-state index is 0.0195. The zero-order valence-corrected chi connectivity index (χ0v) is 9.44. The number of carbonyl (C=O) groups excluding carboxylic acids is 1. The van der Waals surface area contributed by atoms with Crippen LogP contribution in [0.5, 0.6) is 0 Å². The van der Waals surface area contributed by atoms with Gasteiger partial charge in [0.15, 0.2) is 0 Å². The second kappa shape index (κ2) is 6.05. The van der Waals surface area contributed by atoms with Gasteiger partial charge < -0.3 is 20.1 Å². The molecule has 2 unspecified atom stereocenters. The predicted octanol–water partition coefficient (Wildman–Crippen LogP) is -0.402. The van der Waals surface area contributed by atoms with Crippen molar-refractivity contribution in [1.29, 1.82) is 0 Å². The number of carbonyl (C=O) groups is 1. The fraction of sp³-hybridized carbons (Fsp3) is 0.900. The van der Waals surface area contributed by atoms with Crippen LogP contribution >= 0.6 is 0 Å². The van der Waals surface area contributed by atoms with Crippen LogP contribution < -0.4 is 5.73 Å². The summed E-state index contributed by atoms with van der Waals surface area (Å²) in [4.78, 5) is 13.5. The molecule has 1 aliphatic rings. The Morgan fingerprint density at radius 1 is 1.60 bits per heavy atom. The van der Waals surface area contributed by atoms with Crippen molar-refractivity contribution in [2.75, 3.05) is 32.9 Å². The SMILES string of the molecule is CC1CN(C(=O)COCCN)C(C)CO1. The van der Waals surface area contributed by atoms with E-state index in [4.69, 9.17) is 15.2 Å². The van der Waals surface area contributed by atoms with Crippen molar-refractivity contribution < 1.29 is 14.3 Å². The molecule has 0 saturated carbocycles. The number of amides is 1. The van der Waals surface area contributed by atoms with Gasteiger partial charge >= 0.3 is 0 Å². The Labute approximate surface area is 90.5 Å². The normalized spacial score (nSPS) is 26.7. The molecule has 1 fully saturated rings. The third kappa shape index (κ3) is 3.77. The topological polar surface area (TPSA) is 64.8 Å². The van der Waals surface area contributed by atoms with Crippen LogP contribution in [0, 0.1) is 0 Å². The van der Waals surface area contributed by atoms with E-state index >= 15 is 0 Å². The highest BCUT2D eigenvalue weighted by molar-refractivity contribution is 5.77. The standard InChI is InChI=1S/C10H20N2O3/c1-8-6-15-9(2)5-12(8)10(13)7-14-4-3-11/h8-9H,3-7,11H2,1-2H3. The third-order valence-electron chi connectivity index (χ3n) is 2.42. The first-order chi connectivity index (χ1) is 7.15. The minimum atomic E-state index is 0.0195. The summed E-state index contributed by atoms with van der Waals surface area (Å²) in [5.41, 5.74) is 5.27. The van der Waals surface area contributed by atoms with Crippen molar-refractivity contribution in [3.05, 3.63) is 0 Å².